The Hall–Kier alpha value is -1.69. The van der Waals surface area contributed by atoms with Crippen LogP contribution in [-0.2, 0) is 0 Å². The summed E-state index contributed by atoms with van der Waals surface area (Å²) in [5, 5.41) is 12.9. The number of rotatable bonds is 5. The van der Waals surface area contributed by atoms with Crippen LogP contribution in [0.15, 0.2) is 24.3 Å². The molecule has 114 valence electrons. The molecule has 3 nitrogen and oxygen atoms in total. The molecule has 3 heteroatoms. The van der Waals surface area contributed by atoms with Crippen molar-refractivity contribution < 1.29 is 4.74 Å². The standard InChI is InChI=1S/C18H26N2O/c1-3-14(2)21-17-10-7-9-16(12-17)20-18-11-6-4-5-8-15(18)13-19/h7,9-10,12,14-15,18,20H,3-6,8,11H2,1-2H3. The highest BCUT2D eigenvalue weighted by molar-refractivity contribution is 5.49. The maximum atomic E-state index is 9.36. The monoisotopic (exact) mass is 286 g/mol. The lowest BCUT2D eigenvalue weighted by molar-refractivity contribution is 0.217. The van der Waals surface area contributed by atoms with Crippen molar-refractivity contribution in [1.82, 2.24) is 0 Å². The third-order valence-electron chi connectivity index (χ3n) is 4.28. The van der Waals surface area contributed by atoms with Crippen LogP contribution in [0.3, 0.4) is 0 Å². The van der Waals surface area contributed by atoms with Crippen LogP contribution in [-0.4, -0.2) is 12.1 Å². The van der Waals surface area contributed by atoms with Crippen molar-refractivity contribution in [3.63, 3.8) is 0 Å². The van der Waals surface area contributed by atoms with E-state index in [1.807, 2.05) is 18.2 Å². The molecule has 1 N–H and O–H groups in total. The predicted molar refractivity (Wildman–Crippen MR) is 86.4 cm³/mol. The summed E-state index contributed by atoms with van der Waals surface area (Å²) in [6.45, 7) is 4.20. The molecule has 0 radical (unpaired) electrons. The second kappa shape index (κ2) is 7.93. The van der Waals surface area contributed by atoms with Gasteiger partial charge >= 0.3 is 0 Å². The molecule has 21 heavy (non-hydrogen) atoms. The number of benzene rings is 1. The topological polar surface area (TPSA) is 45.0 Å². The first kappa shape index (κ1) is 15.7. The SMILES string of the molecule is CCC(C)Oc1cccc(NC2CCCCCC2C#N)c1. The first-order valence-corrected chi connectivity index (χ1v) is 8.15. The number of ether oxygens (including phenoxy) is 1. The van der Waals surface area contributed by atoms with Gasteiger partial charge in [0.05, 0.1) is 18.1 Å². The molecule has 0 bridgehead atoms. The first-order valence-electron chi connectivity index (χ1n) is 8.15. The first-order chi connectivity index (χ1) is 10.2. The van der Waals surface area contributed by atoms with Crippen LogP contribution in [0.4, 0.5) is 5.69 Å². The molecule has 1 aromatic rings. The normalized spacial score (nSPS) is 23.7. The number of anilines is 1. The van der Waals surface area contributed by atoms with Gasteiger partial charge in [0, 0.05) is 17.8 Å². The van der Waals surface area contributed by atoms with E-state index in [4.69, 9.17) is 4.74 Å². The molecular weight excluding hydrogens is 260 g/mol. The van der Waals surface area contributed by atoms with E-state index < -0.39 is 0 Å². The van der Waals surface area contributed by atoms with Gasteiger partial charge in [-0.05, 0) is 38.3 Å². The van der Waals surface area contributed by atoms with E-state index >= 15 is 0 Å². The lowest BCUT2D eigenvalue weighted by Gasteiger charge is -2.22. The molecule has 2 rings (SSSR count). The van der Waals surface area contributed by atoms with Gasteiger partial charge in [-0.25, -0.2) is 0 Å². The highest BCUT2D eigenvalue weighted by atomic mass is 16.5. The fourth-order valence-corrected chi connectivity index (χ4v) is 2.82. The zero-order chi connectivity index (χ0) is 15.1. The molecule has 1 aliphatic carbocycles. The van der Waals surface area contributed by atoms with Gasteiger partial charge in [-0.3, -0.25) is 0 Å². The minimum absolute atomic E-state index is 0.117. The van der Waals surface area contributed by atoms with E-state index in [0.717, 1.165) is 30.7 Å². The van der Waals surface area contributed by atoms with Crippen molar-refractivity contribution in [1.29, 1.82) is 5.26 Å². The fourth-order valence-electron chi connectivity index (χ4n) is 2.82. The molecule has 0 saturated heterocycles. The van der Waals surface area contributed by atoms with E-state index in [9.17, 15) is 5.26 Å². The van der Waals surface area contributed by atoms with Crippen LogP contribution < -0.4 is 10.1 Å². The van der Waals surface area contributed by atoms with Gasteiger partial charge in [0.2, 0.25) is 0 Å². The molecule has 3 unspecified atom stereocenters. The van der Waals surface area contributed by atoms with Crippen LogP contribution >= 0.6 is 0 Å². The van der Waals surface area contributed by atoms with Crippen molar-refractivity contribution in [2.75, 3.05) is 5.32 Å². The summed E-state index contributed by atoms with van der Waals surface area (Å²) in [5.41, 5.74) is 1.06. The summed E-state index contributed by atoms with van der Waals surface area (Å²) >= 11 is 0. The van der Waals surface area contributed by atoms with Crippen LogP contribution in [0.25, 0.3) is 0 Å². The average Bonchev–Trinajstić information content (AvgIpc) is 2.72. The molecule has 1 fully saturated rings. The van der Waals surface area contributed by atoms with Crippen LogP contribution in [0.1, 0.15) is 52.4 Å². The van der Waals surface area contributed by atoms with Gasteiger partial charge in [0.15, 0.2) is 0 Å². The van der Waals surface area contributed by atoms with Crippen LogP contribution in [0.5, 0.6) is 5.75 Å². The molecule has 0 spiro atoms. The maximum absolute atomic E-state index is 9.36. The van der Waals surface area contributed by atoms with E-state index in [2.05, 4.69) is 31.3 Å². The zero-order valence-corrected chi connectivity index (χ0v) is 13.1. The lowest BCUT2D eigenvalue weighted by atomic mass is 9.96. The van der Waals surface area contributed by atoms with E-state index in [-0.39, 0.29) is 18.1 Å². The quantitative estimate of drug-likeness (QED) is 0.794. The molecule has 3 atom stereocenters. The highest BCUT2D eigenvalue weighted by Gasteiger charge is 2.23. The van der Waals surface area contributed by atoms with Crippen LogP contribution in [0.2, 0.25) is 0 Å². The summed E-state index contributed by atoms with van der Waals surface area (Å²) < 4.78 is 5.87. The summed E-state index contributed by atoms with van der Waals surface area (Å²) in [4.78, 5) is 0. The Morgan fingerprint density at radius 2 is 2.14 bits per heavy atom. The molecular formula is C18H26N2O. The lowest BCUT2D eigenvalue weighted by Crippen LogP contribution is -2.27. The van der Waals surface area contributed by atoms with Gasteiger partial charge in [0.25, 0.3) is 0 Å². The average molecular weight is 286 g/mol. The third-order valence-corrected chi connectivity index (χ3v) is 4.28. The highest BCUT2D eigenvalue weighted by Crippen LogP contribution is 2.27. The molecule has 0 aromatic heterocycles. The molecule has 1 saturated carbocycles. The second-order valence-electron chi connectivity index (χ2n) is 5.99. The minimum atomic E-state index is 0.117. The Balaban J connectivity index is 2.04. The Morgan fingerprint density at radius 1 is 1.33 bits per heavy atom. The van der Waals surface area contributed by atoms with Gasteiger partial charge in [-0.15, -0.1) is 0 Å². The number of hydrogen-bond acceptors (Lipinski definition) is 3. The molecule has 1 aromatic carbocycles. The van der Waals surface area contributed by atoms with Crippen molar-refractivity contribution in [3.05, 3.63) is 24.3 Å². The van der Waals surface area contributed by atoms with Crippen molar-refractivity contribution >= 4 is 5.69 Å². The molecule has 0 aliphatic heterocycles. The molecule has 1 aliphatic rings. The van der Waals surface area contributed by atoms with E-state index in [1.165, 1.54) is 19.3 Å². The summed E-state index contributed by atoms with van der Waals surface area (Å²) in [5.74, 6) is 1.02. The molecule has 0 heterocycles. The largest absolute Gasteiger partial charge is 0.491 e. The maximum Gasteiger partial charge on any atom is 0.121 e. The zero-order valence-electron chi connectivity index (χ0n) is 13.1. The molecule has 0 amide bonds. The smallest absolute Gasteiger partial charge is 0.121 e. The number of nitriles is 1. The summed E-state index contributed by atoms with van der Waals surface area (Å²) in [6, 6.07) is 10.8. The van der Waals surface area contributed by atoms with Crippen molar-refractivity contribution in [2.24, 2.45) is 5.92 Å². The summed E-state index contributed by atoms with van der Waals surface area (Å²) in [7, 11) is 0. The predicted octanol–water partition coefficient (Wildman–Crippen LogP) is 4.75. The Labute approximate surface area is 128 Å². The Bertz CT molecular complexity index is 480. The second-order valence-corrected chi connectivity index (χ2v) is 5.99. The van der Waals surface area contributed by atoms with Gasteiger partial charge < -0.3 is 10.1 Å². The van der Waals surface area contributed by atoms with Gasteiger partial charge in [0.1, 0.15) is 5.75 Å². The number of nitrogens with one attached hydrogen (secondary N) is 1. The van der Waals surface area contributed by atoms with Crippen LogP contribution in [0, 0.1) is 17.2 Å². The minimum Gasteiger partial charge on any atom is -0.491 e. The van der Waals surface area contributed by atoms with E-state index in [1.54, 1.807) is 0 Å². The number of nitrogens with zero attached hydrogens (tertiary/aromatic N) is 1. The number of hydrogen-bond donors (Lipinski definition) is 1. The van der Waals surface area contributed by atoms with Gasteiger partial charge in [-0.2, -0.15) is 5.26 Å². The fraction of sp³-hybridized carbons (Fsp3) is 0.611. The summed E-state index contributed by atoms with van der Waals surface area (Å²) in [6.07, 6.45) is 6.94. The Kier molecular flexibility index (Phi) is 5.92. The van der Waals surface area contributed by atoms with E-state index in [0.29, 0.717) is 0 Å². The van der Waals surface area contributed by atoms with Gasteiger partial charge in [-0.1, -0.05) is 32.3 Å². The van der Waals surface area contributed by atoms with Crippen molar-refractivity contribution in [2.45, 2.75) is 64.5 Å². The Morgan fingerprint density at radius 3 is 2.90 bits per heavy atom. The third kappa shape index (κ3) is 4.67. The van der Waals surface area contributed by atoms with Crippen molar-refractivity contribution in [3.8, 4) is 11.8 Å².